The number of fused-ring (bicyclic) bond motifs is 5. The van der Waals surface area contributed by atoms with Crippen LogP contribution in [0.2, 0.25) is 0 Å². The molecule has 0 bridgehead atoms. The van der Waals surface area contributed by atoms with Crippen LogP contribution >= 0.6 is 0 Å². The van der Waals surface area contributed by atoms with Crippen LogP contribution < -0.4 is 0 Å². The van der Waals surface area contributed by atoms with Crippen LogP contribution in [0.1, 0.15) is 78.6 Å². The number of aliphatic hydroxyl groups is 1. The predicted molar refractivity (Wildman–Crippen MR) is 108 cm³/mol. The van der Waals surface area contributed by atoms with E-state index in [1.165, 1.54) is 0 Å². The summed E-state index contributed by atoms with van der Waals surface area (Å²) in [5, 5.41) is 20.5. The van der Waals surface area contributed by atoms with Gasteiger partial charge in [-0.25, -0.2) is 0 Å². The second-order valence-corrected chi connectivity index (χ2v) is 11.1. The molecule has 4 saturated carbocycles. The van der Waals surface area contributed by atoms with Gasteiger partial charge in [-0.2, -0.15) is 0 Å². The molecule has 5 heteroatoms. The average molecular weight is 405 g/mol. The monoisotopic (exact) mass is 404 g/mol. The molecule has 0 aromatic heterocycles. The summed E-state index contributed by atoms with van der Waals surface area (Å²) < 4.78 is 0. The van der Waals surface area contributed by atoms with Crippen LogP contribution in [0, 0.1) is 46.3 Å². The van der Waals surface area contributed by atoms with Crippen LogP contribution in [0.3, 0.4) is 0 Å². The Morgan fingerprint density at radius 1 is 1.17 bits per heavy atom. The van der Waals surface area contributed by atoms with Crippen molar-refractivity contribution in [2.75, 3.05) is 0 Å². The fraction of sp³-hybridized carbons (Fsp3) is 0.875. The zero-order valence-corrected chi connectivity index (χ0v) is 18.0. The van der Waals surface area contributed by atoms with Gasteiger partial charge in [0.05, 0.1) is 6.10 Å². The highest BCUT2D eigenvalue weighted by Crippen LogP contribution is 2.67. The molecular weight excluding hydrogens is 368 g/mol. The van der Waals surface area contributed by atoms with Gasteiger partial charge in [0.15, 0.2) is 0 Å². The topological polar surface area (TPSA) is 91.7 Å². The molecule has 5 nitrogen and oxygen atoms in total. The molecule has 162 valence electrons. The summed E-state index contributed by atoms with van der Waals surface area (Å²) in [5.41, 5.74) is -0.343. The number of carboxylic acids is 1. The summed E-state index contributed by atoms with van der Waals surface area (Å²) in [4.78, 5) is 36.4. The molecule has 0 aromatic carbocycles. The highest BCUT2D eigenvalue weighted by atomic mass is 16.4. The van der Waals surface area contributed by atoms with Crippen LogP contribution in [-0.4, -0.2) is 33.9 Å². The molecule has 4 fully saturated rings. The first-order chi connectivity index (χ1) is 13.6. The summed E-state index contributed by atoms with van der Waals surface area (Å²) in [6.45, 7) is 6.55. The largest absolute Gasteiger partial charge is 0.481 e. The smallest absolute Gasteiger partial charge is 0.303 e. The zero-order chi connectivity index (χ0) is 21.1. The quantitative estimate of drug-likeness (QED) is 0.742. The molecule has 4 aliphatic carbocycles. The number of aliphatic carboxylic acids is 1. The number of carbonyl (C=O) groups excluding carboxylic acids is 2. The lowest BCUT2D eigenvalue weighted by molar-refractivity contribution is -0.178. The maximum absolute atomic E-state index is 13.3. The van der Waals surface area contributed by atoms with Crippen molar-refractivity contribution in [3.05, 3.63) is 0 Å². The molecule has 9 atom stereocenters. The molecule has 0 aromatic rings. The van der Waals surface area contributed by atoms with E-state index in [1.54, 1.807) is 0 Å². The summed E-state index contributed by atoms with van der Waals surface area (Å²) >= 11 is 0. The third-order valence-electron chi connectivity index (χ3n) is 9.96. The second kappa shape index (κ2) is 7.18. The zero-order valence-electron chi connectivity index (χ0n) is 18.0. The van der Waals surface area contributed by atoms with E-state index in [1.807, 2.05) is 0 Å². The van der Waals surface area contributed by atoms with Crippen molar-refractivity contribution in [3.63, 3.8) is 0 Å². The third kappa shape index (κ3) is 3.10. The van der Waals surface area contributed by atoms with Gasteiger partial charge in [0.25, 0.3) is 0 Å². The number of ketones is 2. The van der Waals surface area contributed by atoms with Gasteiger partial charge >= 0.3 is 5.97 Å². The molecule has 2 N–H and O–H groups in total. The molecule has 0 aliphatic heterocycles. The average Bonchev–Trinajstić information content (AvgIpc) is 3.01. The van der Waals surface area contributed by atoms with Gasteiger partial charge in [-0.1, -0.05) is 20.8 Å². The Morgan fingerprint density at radius 2 is 1.90 bits per heavy atom. The van der Waals surface area contributed by atoms with Crippen molar-refractivity contribution in [2.45, 2.75) is 84.7 Å². The van der Waals surface area contributed by atoms with Gasteiger partial charge in [-0.3, -0.25) is 14.4 Å². The fourth-order valence-corrected chi connectivity index (χ4v) is 8.21. The van der Waals surface area contributed by atoms with Crippen molar-refractivity contribution >= 4 is 17.5 Å². The Bertz CT molecular complexity index is 716. The minimum atomic E-state index is -0.769. The van der Waals surface area contributed by atoms with Crippen molar-refractivity contribution in [3.8, 4) is 0 Å². The molecule has 0 heterocycles. The van der Waals surface area contributed by atoms with E-state index in [4.69, 9.17) is 5.11 Å². The van der Waals surface area contributed by atoms with Crippen LogP contribution in [-0.2, 0) is 14.4 Å². The lowest BCUT2D eigenvalue weighted by atomic mass is 9.43. The number of Topliss-reactive ketones (excluding diaryl/α,β-unsaturated/α-hetero) is 2. The van der Waals surface area contributed by atoms with Crippen LogP contribution in [0.25, 0.3) is 0 Å². The summed E-state index contributed by atoms with van der Waals surface area (Å²) in [6, 6.07) is 0. The highest BCUT2D eigenvalue weighted by Gasteiger charge is 2.65. The van der Waals surface area contributed by atoms with Crippen molar-refractivity contribution in [2.24, 2.45) is 46.3 Å². The molecular formula is C24H36O5. The second-order valence-electron chi connectivity index (χ2n) is 11.1. The standard InChI is InChI=1S/C24H36O5/c1-13(4-7-21(28)29)16-5-6-17-22-18(12-20(27)24(16,17)3)23(2)9-8-15(25)10-14(23)11-19(22)26/h13-14,16-18,20,22,27H,4-12H2,1-3H3,(H,28,29)/t13-,14-,16-,17+,18+,20+,22+,23+,24-/m1/s1. The number of carbonyl (C=O) groups is 3. The molecule has 0 spiro atoms. The first kappa shape index (κ1) is 21.0. The maximum atomic E-state index is 13.3. The number of rotatable bonds is 4. The van der Waals surface area contributed by atoms with E-state index in [9.17, 15) is 19.5 Å². The number of hydrogen-bond donors (Lipinski definition) is 2. The minimum absolute atomic E-state index is 0.00507. The van der Waals surface area contributed by atoms with Gasteiger partial charge in [0.1, 0.15) is 11.6 Å². The molecule has 0 unspecified atom stereocenters. The molecule has 4 rings (SSSR count). The maximum Gasteiger partial charge on any atom is 0.303 e. The van der Waals surface area contributed by atoms with E-state index in [0.717, 1.165) is 19.3 Å². The molecule has 0 amide bonds. The summed E-state index contributed by atoms with van der Waals surface area (Å²) in [7, 11) is 0. The van der Waals surface area contributed by atoms with Gasteiger partial charge in [-0.15, -0.1) is 0 Å². The van der Waals surface area contributed by atoms with Crippen LogP contribution in [0.4, 0.5) is 0 Å². The van der Waals surface area contributed by atoms with Crippen molar-refractivity contribution in [1.29, 1.82) is 0 Å². The van der Waals surface area contributed by atoms with E-state index in [0.29, 0.717) is 37.9 Å². The number of aliphatic hydroxyl groups excluding tert-OH is 1. The van der Waals surface area contributed by atoms with Crippen LogP contribution in [0.5, 0.6) is 0 Å². The lowest BCUT2D eigenvalue weighted by Gasteiger charge is -2.61. The Balaban J connectivity index is 1.62. The van der Waals surface area contributed by atoms with E-state index >= 15 is 0 Å². The van der Waals surface area contributed by atoms with E-state index < -0.39 is 12.1 Å². The Hall–Kier alpha value is -1.23. The Kier molecular flexibility index (Phi) is 5.20. The minimum Gasteiger partial charge on any atom is -0.481 e. The molecule has 0 saturated heterocycles. The normalized spacial score (nSPS) is 47.9. The third-order valence-corrected chi connectivity index (χ3v) is 9.96. The highest BCUT2D eigenvalue weighted by molar-refractivity contribution is 5.86. The van der Waals surface area contributed by atoms with Gasteiger partial charge in [0, 0.05) is 37.0 Å². The first-order valence-corrected chi connectivity index (χ1v) is 11.5. The Morgan fingerprint density at radius 3 is 2.59 bits per heavy atom. The Labute approximate surface area is 173 Å². The SMILES string of the molecule is C[C@H](CCC(=O)O)[C@H]1CC[C@H]2[C@@H]3C(=O)C[C@H]4CC(=O)CC[C@]4(C)[C@H]3C[C@H](O)[C@]12C. The molecule has 0 radical (unpaired) electrons. The number of carboxylic acid groups (broad SMARTS) is 1. The lowest BCUT2D eigenvalue weighted by Crippen LogP contribution is -2.61. The molecule has 4 aliphatic rings. The van der Waals surface area contributed by atoms with Gasteiger partial charge in [0.2, 0.25) is 0 Å². The van der Waals surface area contributed by atoms with Crippen LogP contribution in [0.15, 0.2) is 0 Å². The van der Waals surface area contributed by atoms with Gasteiger partial charge in [-0.05, 0) is 67.1 Å². The summed E-state index contributed by atoms with van der Waals surface area (Å²) in [6.07, 6.45) is 5.38. The van der Waals surface area contributed by atoms with E-state index in [-0.39, 0.29) is 58.5 Å². The van der Waals surface area contributed by atoms with E-state index in [2.05, 4.69) is 20.8 Å². The number of hydrogen-bond acceptors (Lipinski definition) is 4. The van der Waals surface area contributed by atoms with Crippen molar-refractivity contribution in [1.82, 2.24) is 0 Å². The van der Waals surface area contributed by atoms with Crippen molar-refractivity contribution < 1.29 is 24.6 Å². The first-order valence-electron chi connectivity index (χ1n) is 11.5. The molecule has 29 heavy (non-hydrogen) atoms. The van der Waals surface area contributed by atoms with Gasteiger partial charge < -0.3 is 10.2 Å². The predicted octanol–water partition coefficient (Wildman–Crippen LogP) is 3.87. The summed E-state index contributed by atoms with van der Waals surface area (Å²) in [5.74, 6) is 0.793. The fourth-order valence-electron chi connectivity index (χ4n) is 8.21.